The van der Waals surface area contributed by atoms with E-state index in [0.717, 1.165) is 17.7 Å². The lowest BCUT2D eigenvalue weighted by molar-refractivity contribution is -0.123. The molecule has 0 aliphatic carbocycles. The third-order valence-electron chi connectivity index (χ3n) is 3.72. The first-order valence-corrected chi connectivity index (χ1v) is 8.41. The summed E-state index contributed by atoms with van der Waals surface area (Å²) in [6.45, 7) is 4.48. The topological polar surface area (TPSA) is 58.6 Å². The number of ether oxygens (including phenoxy) is 1. The van der Waals surface area contributed by atoms with E-state index in [1.165, 1.54) is 11.8 Å². The second kappa shape index (κ2) is 9.47. The highest BCUT2D eigenvalue weighted by molar-refractivity contribution is 5.97. The van der Waals surface area contributed by atoms with Crippen molar-refractivity contribution in [3.63, 3.8) is 0 Å². The van der Waals surface area contributed by atoms with Crippen molar-refractivity contribution in [2.45, 2.75) is 20.3 Å². The van der Waals surface area contributed by atoms with Gasteiger partial charge in [0.05, 0.1) is 6.61 Å². The smallest absolute Gasteiger partial charge is 0.240 e. The Labute approximate surface area is 148 Å². The number of amides is 2. The van der Waals surface area contributed by atoms with Crippen LogP contribution in [0.25, 0.3) is 0 Å². The number of hydrogen-bond acceptors (Lipinski definition) is 3. The van der Waals surface area contributed by atoms with Gasteiger partial charge in [0.2, 0.25) is 11.8 Å². The van der Waals surface area contributed by atoms with Crippen LogP contribution in [0.4, 0.5) is 5.69 Å². The second-order valence-corrected chi connectivity index (χ2v) is 5.62. The van der Waals surface area contributed by atoms with Crippen LogP contribution in [0.15, 0.2) is 54.6 Å². The molecule has 5 nitrogen and oxygen atoms in total. The number of hydrogen-bond donors (Lipinski definition) is 1. The van der Waals surface area contributed by atoms with Crippen molar-refractivity contribution >= 4 is 17.5 Å². The Kier molecular flexibility index (Phi) is 7.01. The van der Waals surface area contributed by atoms with Gasteiger partial charge in [-0.25, -0.2) is 0 Å². The summed E-state index contributed by atoms with van der Waals surface area (Å²) in [5.41, 5.74) is 1.84. The zero-order valence-corrected chi connectivity index (χ0v) is 14.7. The summed E-state index contributed by atoms with van der Waals surface area (Å²) in [4.78, 5) is 25.5. The monoisotopic (exact) mass is 340 g/mol. The largest absolute Gasteiger partial charge is 0.494 e. The number of rotatable bonds is 8. The SMILES string of the molecule is CCOc1ccc(N(CC(=O)NCCc2ccccc2)C(C)=O)cc1. The standard InChI is InChI=1S/C20H24N2O3/c1-3-25-19-11-9-18(10-12-19)22(16(2)23)15-20(24)21-14-13-17-7-5-4-6-8-17/h4-12H,3,13-15H2,1-2H3,(H,21,24). The molecule has 0 bridgehead atoms. The van der Waals surface area contributed by atoms with E-state index in [1.54, 1.807) is 24.3 Å². The molecule has 0 heterocycles. The highest BCUT2D eigenvalue weighted by Crippen LogP contribution is 2.19. The predicted molar refractivity (Wildman–Crippen MR) is 98.8 cm³/mol. The number of nitrogens with one attached hydrogen (secondary N) is 1. The summed E-state index contributed by atoms with van der Waals surface area (Å²) in [7, 11) is 0. The zero-order chi connectivity index (χ0) is 18.1. The Balaban J connectivity index is 1.89. The van der Waals surface area contributed by atoms with Gasteiger partial charge in [-0.15, -0.1) is 0 Å². The molecular weight excluding hydrogens is 316 g/mol. The number of benzene rings is 2. The van der Waals surface area contributed by atoms with E-state index in [4.69, 9.17) is 4.74 Å². The molecule has 0 spiro atoms. The molecule has 0 radical (unpaired) electrons. The number of anilines is 1. The number of carbonyl (C=O) groups excluding carboxylic acids is 2. The maximum atomic E-state index is 12.2. The first kappa shape index (κ1) is 18.5. The summed E-state index contributed by atoms with van der Waals surface area (Å²) in [5, 5.41) is 2.86. The van der Waals surface area contributed by atoms with Crippen molar-refractivity contribution in [3.05, 3.63) is 60.2 Å². The van der Waals surface area contributed by atoms with Crippen LogP contribution in [0.2, 0.25) is 0 Å². The lowest BCUT2D eigenvalue weighted by Crippen LogP contribution is -2.40. The fourth-order valence-electron chi connectivity index (χ4n) is 2.46. The Hall–Kier alpha value is -2.82. The van der Waals surface area contributed by atoms with Crippen LogP contribution in [0.5, 0.6) is 5.75 Å². The molecule has 0 saturated heterocycles. The predicted octanol–water partition coefficient (Wildman–Crippen LogP) is 2.80. The molecule has 0 atom stereocenters. The summed E-state index contributed by atoms with van der Waals surface area (Å²) in [6.07, 6.45) is 0.760. The van der Waals surface area contributed by atoms with Crippen molar-refractivity contribution in [1.29, 1.82) is 0 Å². The van der Waals surface area contributed by atoms with Gasteiger partial charge in [0.1, 0.15) is 12.3 Å². The third kappa shape index (κ3) is 5.95. The molecule has 2 aromatic rings. The van der Waals surface area contributed by atoms with Gasteiger partial charge in [0, 0.05) is 19.2 Å². The molecule has 132 valence electrons. The van der Waals surface area contributed by atoms with Crippen LogP contribution in [0.1, 0.15) is 19.4 Å². The molecule has 2 amide bonds. The summed E-state index contributed by atoms with van der Waals surface area (Å²) in [5.74, 6) is 0.379. The second-order valence-electron chi connectivity index (χ2n) is 5.62. The highest BCUT2D eigenvalue weighted by Gasteiger charge is 2.15. The van der Waals surface area contributed by atoms with E-state index in [0.29, 0.717) is 18.8 Å². The van der Waals surface area contributed by atoms with E-state index in [2.05, 4.69) is 5.32 Å². The fraction of sp³-hybridized carbons (Fsp3) is 0.300. The van der Waals surface area contributed by atoms with Gasteiger partial charge in [-0.05, 0) is 43.2 Å². The molecule has 0 aromatic heterocycles. The van der Waals surface area contributed by atoms with E-state index < -0.39 is 0 Å². The Morgan fingerprint density at radius 2 is 1.72 bits per heavy atom. The minimum Gasteiger partial charge on any atom is -0.494 e. The molecule has 0 saturated carbocycles. The fourth-order valence-corrected chi connectivity index (χ4v) is 2.46. The maximum Gasteiger partial charge on any atom is 0.240 e. The van der Waals surface area contributed by atoms with Gasteiger partial charge >= 0.3 is 0 Å². The van der Waals surface area contributed by atoms with E-state index in [-0.39, 0.29) is 18.4 Å². The van der Waals surface area contributed by atoms with Gasteiger partial charge in [-0.1, -0.05) is 30.3 Å². The van der Waals surface area contributed by atoms with E-state index >= 15 is 0 Å². The summed E-state index contributed by atoms with van der Waals surface area (Å²) < 4.78 is 5.39. The van der Waals surface area contributed by atoms with Crippen LogP contribution in [0, 0.1) is 0 Å². The van der Waals surface area contributed by atoms with E-state index in [9.17, 15) is 9.59 Å². The minimum atomic E-state index is -0.181. The molecule has 1 N–H and O–H groups in total. The molecule has 25 heavy (non-hydrogen) atoms. The maximum absolute atomic E-state index is 12.2. The quantitative estimate of drug-likeness (QED) is 0.804. The summed E-state index contributed by atoms with van der Waals surface area (Å²) >= 11 is 0. The van der Waals surface area contributed by atoms with Crippen molar-refractivity contribution in [2.24, 2.45) is 0 Å². The molecule has 0 aliphatic heterocycles. The van der Waals surface area contributed by atoms with Gasteiger partial charge < -0.3 is 15.0 Å². The Morgan fingerprint density at radius 1 is 1.04 bits per heavy atom. The molecule has 2 rings (SSSR count). The van der Waals surface area contributed by atoms with Gasteiger partial charge in [-0.3, -0.25) is 9.59 Å². The molecule has 5 heteroatoms. The lowest BCUT2D eigenvalue weighted by atomic mass is 10.1. The Morgan fingerprint density at radius 3 is 2.32 bits per heavy atom. The average molecular weight is 340 g/mol. The van der Waals surface area contributed by atoms with E-state index in [1.807, 2.05) is 37.3 Å². The highest BCUT2D eigenvalue weighted by atomic mass is 16.5. The minimum absolute atomic E-state index is 0.00188. The van der Waals surface area contributed by atoms with Crippen LogP contribution >= 0.6 is 0 Å². The van der Waals surface area contributed by atoms with Gasteiger partial charge in [0.25, 0.3) is 0 Å². The Bertz CT molecular complexity index is 684. The summed E-state index contributed by atoms with van der Waals surface area (Å²) in [6, 6.07) is 17.1. The van der Waals surface area contributed by atoms with Crippen LogP contribution in [-0.2, 0) is 16.0 Å². The first-order chi connectivity index (χ1) is 12.1. The molecule has 0 fully saturated rings. The van der Waals surface area contributed by atoms with Gasteiger partial charge in [0.15, 0.2) is 0 Å². The van der Waals surface area contributed by atoms with Crippen LogP contribution < -0.4 is 15.0 Å². The van der Waals surface area contributed by atoms with Crippen molar-refractivity contribution < 1.29 is 14.3 Å². The lowest BCUT2D eigenvalue weighted by Gasteiger charge is -2.21. The first-order valence-electron chi connectivity index (χ1n) is 8.41. The normalized spacial score (nSPS) is 10.2. The molecule has 2 aromatic carbocycles. The van der Waals surface area contributed by atoms with Crippen LogP contribution in [0.3, 0.4) is 0 Å². The van der Waals surface area contributed by atoms with Crippen molar-refractivity contribution in [2.75, 3.05) is 24.6 Å². The third-order valence-corrected chi connectivity index (χ3v) is 3.72. The van der Waals surface area contributed by atoms with Crippen molar-refractivity contribution in [3.8, 4) is 5.75 Å². The average Bonchev–Trinajstić information content (AvgIpc) is 2.61. The zero-order valence-electron chi connectivity index (χ0n) is 14.7. The number of carbonyl (C=O) groups is 2. The van der Waals surface area contributed by atoms with Crippen LogP contribution in [-0.4, -0.2) is 31.5 Å². The van der Waals surface area contributed by atoms with Gasteiger partial charge in [-0.2, -0.15) is 0 Å². The van der Waals surface area contributed by atoms with Crippen molar-refractivity contribution in [1.82, 2.24) is 5.32 Å². The number of nitrogens with zero attached hydrogens (tertiary/aromatic N) is 1. The molecule has 0 unspecified atom stereocenters. The molecule has 0 aliphatic rings. The molecular formula is C20H24N2O3.